The standard InChI is InChI=1S/C16H28N2O/c1-6-10-17-13(2)15-8-7-14(12-18-15)19-11-9-16(3,4)5/h7-8,12-13,17H,6,9-11H2,1-5H3. The molecule has 1 atom stereocenters. The van der Waals surface area contributed by atoms with Crippen LogP contribution < -0.4 is 10.1 Å². The van der Waals surface area contributed by atoms with E-state index in [2.05, 4.69) is 44.9 Å². The Hall–Kier alpha value is -1.09. The van der Waals surface area contributed by atoms with Crippen molar-refractivity contribution in [3.63, 3.8) is 0 Å². The van der Waals surface area contributed by atoms with Crippen LogP contribution in [0.3, 0.4) is 0 Å². The number of nitrogens with zero attached hydrogens (tertiary/aromatic N) is 1. The van der Waals surface area contributed by atoms with Gasteiger partial charge in [0, 0.05) is 6.04 Å². The molecule has 0 spiro atoms. The molecule has 108 valence electrons. The van der Waals surface area contributed by atoms with E-state index in [0.29, 0.717) is 11.5 Å². The highest BCUT2D eigenvalue weighted by molar-refractivity contribution is 5.21. The minimum Gasteiger partial charge on any atom is -0.492 e. The predicted octanol–water partition coefficient (Wildman–Crippen LogP) is 3.96. The maximum atomic E-state index is 5.71. The smallest absolute Gasteiger partial charge is 0.137 e. The van der Waals surface area contributed by atoms with Gasteiger partial charge in [-0.3, -0.25) is 4.98 Å². The highest BCUT2D eigenvalue weighted by atomic mass is 16.5. The largest absolute Gasteiger partial charge is 0.492 e. The van der Waals surface area contributed by atoms with Gasteiger partial charge in [0.2, 0.25) is 0 Å². The van der Waals surface area contributed by atoms with Crippen molar-refractivity contribution in [3.8, 4) is 5.75 Å². The minimum atomic E-state index is 0.295. The molecule has 0 saturated carbocycles. The molecule has 0 aliphatic carbocycles. The first-order valence-electron chi connectivity index (χ1n) is 7.24. The van der Waals surface area contributed by atoms with Crippen LogP contribution in [0.2, 0.25) is 0 Å². The van der Waals surface area contributed by atoms with E-state index < -0.39 is 0 Å². The van der Waals surface area contributed by atoms with Gasteiger partial charge in [-0.15, -0.1) is 0 Å². The Morgan fingerprint density at radius 2 is 2.05 bits per heavy atom. The lowest BCUT2D eigenvalue weighted by molar-refractivity contribution is 0.242. The van der Waals surface area contributed by atoms with Gasteiger partial charge in [-0.25, -0.2) is 0 Å². The second-order valence-corrected chi connectivity index (χ2v) is 6.25. The van der Waals surface area contributed by atoms with E-state index in [-0.39, 0.29) is 0 Å². The fraction of sp³-hybridized carbons (Fsp3) is 0.688. The lowest BCUT2D eigenvalue weighted by Crippen LogP contribution is -2.20. The first-order valence-corrected chi connectivity index (χ1v) is 7.24. The van der Waals surface area contributed by atoms with E-state index >= 15 is 0 Å². The Kier molecular flexibility index (Phi) is 6.29. The number of hydrogen-bond donors (Lipinski definition) is 1. The van der Waals surface area contributed by atoms with Crippen LogP contribution in [0.4, 0.5) is 0 Å². The molecule has 0 amide bonds. The summed E-state index contributed by atoms with van der Waals surface area (Å²) >= 11 is 0. The molecule has 0 saturated heterocycles. The summed E-state index contributed by atoms with van der Waals surface area (Å²) in [5.41, 5.74) is 1.38. The van der Waals surface area contributed by atoms with Crippen molar-refractivity contribution < 1.29 is 4.74 Å². The molecule has 1 rings (SSSR count). The van der Waals surface area contributed by atoms with Gasteiger partial charge >= 0.3 is 0 Å². The highest BCUT2D eigenvalue weighted by Crippen LogP contribution is 2.20. The van der Waals surface area contributed by atoms with Crippen molar-refractivity contribution in [2.24, 2.45) is 5.41 Å². The van der Waals surface area contributed by atoms with Crippen LogP contribution in [0.1, 0.15) is 59.2 Å². The molecule has 1 aromatic rings. The van der Waals surface area contributed by atoms with Crippen molar-refractivity contribution >= 4 is 0 Å². The number of ether oxygens (including phenoxy) is 1. The number of pyridine rings is 1. The first-order chi connectivity index (χ1) is 8.92. The lowest BCUT2D eigenvalue weighted by atomic mass is 9.93. The van der Waals surface area contributed by atoms with Crippen molar-refractivity contribution in [1.29, 1.82) is 0 Å². The van der Waals surface area contributed by atoms with E-state index in [1.165, 1.54) is 0 Å². The van der Waals surface area contributed by atoms with Crippen LogP contribution in [-0.2, 0) is 0 Å². The Morgan fingerprint density at radius 3 is 2.58 bits per heavy atom. The van der Waals surface area contributed by atoms with Crippen molar-refractivity contribution in [1.82, 2.24) is 10.3 Å². The Balaban J connectivity index is 2.43. The number of aromatic nitrogens is 1. The van der Waals surface area contributed by atoms with E-state index in [0.717, 1.165) is 37.4 Å². The SMILES string of the molecule is CCCNC(C)c1ccc(OCCC(C)(C)C)cn1. The summed E-state index contributed by atoms with van der Waals surface area (Å²) in [6.07, 6.45) is 4.00. The zero-order valence-corrected chi connectivity index (χ0v) is 13.0. The summed E-state index contributed by atoms with van der Waals surface area (Å²) in [6.45, 7) is 12.7. The fourth-order valence-electron chi connectivity index (χ4n) is 1.67. The molecule has 1 N–H and O–H groups in total. The summed E-state index contributed by atoms with van der Waals surface area (Å²) < 4.78 is 5.71. The van der Waals surface area contributed by atoms with E-state index in [9.17, 15) is 0 Å². The van der Waals surface area contributed by atoms with Gasteiger partial charge in [-0.2, -0.15) is 0 Å². The Morgan fingerprint density at radius 1 is 1.32 bits per heavy atom. The molecule has 0 aromatic carbocycles. The molecule has 1 heterocycles. The molecular weight excluding hydrogens is 236 g/mol. The highest BCUT2D eigenvalue weighted by Gasteiger charge is 2.10. The van der Waals surface area contributed by atoms with Gasteiger partial charge in [0.1, 0.15) is 5.75 Å². The average molecular weight is 264 g/mol. The molecular formula is C16H28N2O. The molecule has 19 heavy (non-hydrogen) atoms. The maximum Gasteiger partial charge on any atom is 0.137 e. The molecule has 0 fully saturated rings. The fourth-order valence-corrected chi connectivity index (χ4v) is 1.67. The normalized spacial score (nSPS) is 13.3. The zero-order valence-electron chi connectivity index (χ0n) is 13.0. The molecule has 3 nitrogen and oxygen atoms in total. The summed E-state index contributed by atoms with van der Waals surface area (Å²) in [7, 11) is 0. The van der Waals surface area contributed by atoms with E-state index in [4.69, 9.17) is 4.74 Å². The quantitative estimate of drug-likeness (QED) is 0.809. The van der Waals surface area contributed by atoms with Gasteiger partial charge in [0.25, 0.3) is 0 Å². The third kappa shape index (κ3) is 6.58. The predicted molar refractivity (Wildman–Crippen MR) is 80.5 cm³/mol. The topological polar surface area (TPSA) is 34.1 Å². The number of nitrogens with one attached hydrogen (secondary N) is 1. The molecule has 0 bridgehead atoms. The summed E-state index contributed by atoms with van der Waals surface area (Å²) in [5.74, 6) is 0.857. The van der Waals surface area contributed by atoms with E-state index in [1.807, 2.05) is 18.3 Å². The Labute approximate surface area is 117 Å². The summed E-state index contributed by atoms with van der Waals surface area (Å²) in [6, 6.07) is 4.35. The van der Waals surface area contributed by atoms with Crippen LogP contribution in [0, 0.1) is 5.41 Å². The first kappa shape index (κ1) is 16.0. The third-order valence-electron chi connectivity index (χ3n) is 3.02. The zero-order chi connectivity index (χ0) is 14.3. The summed E-state index contributed by atoms with van der Waals surface area (Å²) in [5, 5.41) is 3.43. The van der Waals surface area contributed by atoms with Gasteiger partial charge < -0.3 is 10.1 Å². The second-order valence-electron chi connectivity index (χ2n) is 6.25. The lowest BCUT2D eigenvalue weighted by Gasteiger charge is -2.18. The molecule has 1 unspecified atom stereocenters. The van der Waals surface area contributed by atoms with Crippen LogP contribution >= 0.6 is 0 Å². The van der Waals surface area contributed by atoms with Crippen LogP contribution in [0.15, 0.2) is 18.3 Å². The molecule has 0 radical (unpaired) electrons. The van der Waals surface area contributed by atoms with E-state index in [1.54, 1.807) is 0 Å². The minimum absolute atomic E-state index is 0.295. The average Bonchev–Trinajstić information content (AvgIpc) is 2.35. The molecule has 1 aromatic heterocycles. The van der Waals surface area contributed by atoms with Gasteiger partial charge in [-0.1, -0.05) is 27.7 Å². The second kappa shape index (κ2) is 7.49. The van der Waals surface area contributed by atoms with Gasteiger partial charge in [0.05, 0.1) is 18.5 Å². The third-order valence-corrected chi connectivity index (χ3v) is 3.02. The molecule has 0 aliphatic heterocycles. The molecule has 0 aliphatic rings. The summed E-state index contributed by atoms with van der Waals surface area (Å²) in [4.78, 5) is 4.46. The van der Waals surface area contributed by atoms with Crippen LogP contribution in [0.5, 0.6) is 5.75 Å². The number of rotatable bonds is 7. The van der Waals surface area contributed by atoms with Gasteiger partial charge in [-0.05, 0) is 43.9 Å². The molecule has 3 heteroatoms. The van der Waals surface area contributed by atoms with Gasteiger partial charge in [0.15, 0.2) is 0 Å². The van der Waals surface area contributed by atoms with Crippen LogP contribution in [-0.4, -0.2) is 18.1 Å². The monoisotopic (exact) mass is 264 g/mol. The number of hydrogen-bond acceptors (Lipinski definition) is 3. The van der Waals surface area contributed by atoms with Crippen molar-refractivity contribution in [3.05, 3.63) is 24.0 Å². The van der Waals surface area contributed by atoms with Crippen molar-refractivity contribution in [2.75, 3.05) is 13.2 Å². The van der Waals surface area contributed by atoms with Crippen LogP contribution in [0.25, 0.3) is 0 Å². The maximum absolute atomic E-state index is 5.71. The Bertz CT molecular complexity index is 354. The van der Waals surface area contributed by atoms with Crippen molar-refractivity contribution in [2.45, 2.75) is 53.5 Å².